The van der Waals surface area contributed by atoms with Gasteiger partial charge in [0.15, 0.2) is 5.82 Å². The molecule has 1 aromatic rings. The molecule has 0 unspecified atom stereocenters. The van der Waals surface area contributed by atoms with Crippen molar-refractivity contribution in [1.82, 2.24) is 9.97 Å². The standard InChI is InChI=1S/C12H20N4O2/c1-12(2)8-16(4-5-18-12)11-6-9(13)14-10(15-11)7-17-3/h6H,4-5,7-8H2,1-3H3,(H2,13,14,15). The number of hydrogen-bond donors (Lipinski definition) is 1. The molecule has 1 fully saturated rings. The van der Waals surface area contributed by atoms with Crippen molar-refractivity contribution in [3.8, 4) is 0 Å². The zero-order valence-electron chi connectivity index (χ0n) is 11.1. The van der Waals surface area contributed by atoms with Crippen LogP contribution >= 0.6 is 0 Å². The van der Waals surface area contributed by atoms with Crippen molar-refractivity contribution in [2.75, 3.05) is 37.4 Å². The quantitative estimate of drug-likeness (QED) is 0.858. The minimum atomic E-state index is -0.167. The molecule has 6 heteroatoms. The topological polar surface area (TPSA) is 73.5 Å². The van der Waals surface area contributed by atoms with Gasteiger partial charge in [0, 0.05) is 26.3 Å². The summed E-state index contributed by atoms with van der Waals surface area (Å²) in [6, 6.07) is 1.79. The van der Waals surface area contributed by atoms with Crippen LogP contribution in [0.4, 0.5) is 11.6 Å². The summed E-state index contributed by atoms with van der Waals surface area (Å²) in [5.41, 5.74) is 5.63. The predicted molar refractivity (Wildman–Crippen MR) is 69.4 cm³/mol. The minimum Gasteiger partial charge on any atom is -0.384 e. The monoisotopic (exact) mass is 252 g/mol. The predicted octanol–water partition coefficient (Wildman–Crippen LogP) is 0.820. The molecular formula is C12H20N4O2. The second-order valence-electron chi connectivity index (χ2n) is 5.03. The van der Waals surface area contributed by atoms with Gasteiger partial charge >= 0.3 is 0 Å². The minimum absolute atomic E-state index is 0.167. The summed E-state index contributed by atoms with van der Waals surface area (Å²) < 4.78 is 10.7. The molecule has 2 heterocycles. The van der Waals surface area contributed by atoms with Crippen molar-refractivity contribution in [3.63, 3.8) is 0 Å². The largest absolute Gasteiger partial charge is 0.384 e. The molecule has 1 saturated heterocycles. The van der Waals surface area contributed by atoms with Gasteiger partial charge in [0.2, 0.25) is 0 Å². The Hall–Kier alpha value is -1.40. The van der Waals surface area contributed by atoms with Gasteiger partial charge in [0.1, 0.15) is 18.2 Å². The molecule has 0 aliphatic carbocycles. The Bertz CT molecular complexity index is 423. The Kier molecular flexibility index (Phi) is 3.68. The van der Waals surface area contributed by atoms with Gasteiger partial charge in [-0.15, -0.1) is 0 Å². The summed E-state index contributed by atoms with van der Waals surface area (Å²) in [7, 11) is 1.62. The summed E-state index contributed by atoms with van der Waals surface area (Å²) in [5, 5.41) is 0. The van der Waals surface area contributed by atoms with Gasteiger partial charge in [-0.05, 0) is 13.8 Å². The van der Waals surface area contributed by atoms with E-state index in [2.05, 4.69) is 28.7 Å². The normalized spacial score (nSPS) is 18.9. The highest BCUT2D eigenvalue weighted by Gasteiger charge is 2.28. The van der Waals surface area contributed by atoms with Gasteiger partial charge in [-0.2, -0.15) is 0 Å². The Morgan fingerprint density at radius 1 is 1.50 bits per heavy atom. The van der Waals surface area contributed by atoms with Crippen LogP contribution in [0.5, 0.6) is 0 Å². The smallest absolute Gasteiger partial charge is 0.158 e. The van der Waals surface area contributed by atoms with Crippen LogP contribution in [0.3, 0.4) is 0 Å². The molecule has 18 heavy (non-hydrogen) atoms. The third kappa shape index (κ3) is 3.08. The average Bonchev–Trinajstić information content (AvgIpc) is 2.27. The van der Waals surface area contributed by atoms with Crippen molar-refractivity contribution < 1.29 is 9.47 Å². The number of ether oxygens (including phenoxy) is 2. The van der Waals surface area contributed by atoms with Gasteiger partial charge in [0.25, 0.3) is 0 Å². The first-order valence-corrected chi connectivity index (χ1v) is 6.01. The van der Waals surface area contributed by atoms with E-state index in [1.54, 1.807) is 13.2 Å². The van der Waals surface area contributed by atoms with Crippen molar-refractivity contribution >= 4 is 11.6 Å². The van der Waals surface area contributed by atoms with Gasteiger partial charge in [-0.3, -0.25) is 0 Å². The first-order valence-electron chi connectivity index (χ1n) is 6.01. The number of anilines is 2. The number of methoxy groups -OCH3 is 1. The molecule has 1 aliphatic heterocycles. The van der Waals surface area contributed by atoms with Gasteiger partial charge in [-0.1, -0.05) is 0 Å². The third-order valence-corrected chi connectivity index (χ3v) is 2.80. The summed E-state index contributed by atoms with van der Waals surface area (Å²) in [5.74, 6) is 1.92. The van der Waals surface area contributed by atoms with E-state index in [1.807, 2.05) is 0 Å². The van der Waals surface area contributed by atoms with Crippen molar-refractivity contribution in [2.24, 2.45) is 0 Å². The lowest BCUT2D eigenvalue weighted by molar-refractivity contribution is -0.0279. The van der Waals surface area contributed by atoms with E-state index in [0.29, 0.717) is 24.9 Å². The first-order chi connectivity index (χ1) is 8.50. The Morgan fingerprint density at radius 3 is 2.94 bits per heavy atom. The van der Waals surface area contributed by atoms with Crippen molar-refractivity contribution in [1.29, 1.82) is 0 Å². The average molecular weight is 252 g/mol. The molecule has 0 spiro atoms. The van der Waals surface area contributed by atoms with Crippen LogP contribution < -0.4 is 10.6 Å². The summed E-state index contributed by atoms with van der Waals surface area (Å²) in [6.45, 7) is 6.80. The number of hydrogen-bond acceptors (Lipinski definition) is 6. The second kappa shape index (κ2) is 5.07. The Balaban J connectivity index is 2.21. The van der Waals surface area contributed by atoms with Crippen LogP contribution in [0, 0.1) is 0 Å². The van der Waals surface area contributed by atoms with Crippen LogP contribution in [0.2, 0.25) is 0 Å². The van der Waals surface area contributed by atoms with E-state index < -0.39 is 0 Å². The van der Waals surface area contributed by atoms with Crippen LogP contribution in [-0.2, 0) is 16.1 Å². The van der Waals surface area contributed by atoms with Gasteiger partial charge in [-0.25, -0.2) is 9.97 Å². The fourth-order valence-corrected chi connectivity index (χ4v) is 2.07. The molecule has 0 radical (unpaired) electrons. The lowest BCUT2D eigenvalue weighted by atomic mass is 10.1. The summed E-state index contributed by atoms with van der Waals surface area (Å²) >= 11 is 0. The maximum Gasteiger partial charge on any atom is 0.158 e. The third-order valence-electron chi connectivity index (χ3n) is 2.80. The fourth-order valence-electron chi connectivity index (χ4n) is 2.07. The van der Waals surface area contributed by atoms with E-state index in [-0.39, 0.29) is 5.60 Å². The number of aromatic nitrogens is 2. The molecule has 2 N–H and O–H groups in total. The zero-order chi connectivity index (χ0) is 13.2. The highest BCUT2D eigenvalue weighted by Crippen LogP contribution is 2.22. The second-order valence-corrected chi connectivity index (χ2v) is 5.03. The highest BCUT2D eigenvalue weighted by molar-refractivity contribution is 5.47. The SMILES string of the molecule is COCc1nc(N)cc(N2CCOC(C)(C)C2)n1. The molecule has 100 valence electrons. The maximum atomic E-state index is 5.80. The number of rotatable bonds is 3. The number of nitrogens with two attached hydrogens (primary N) is 1. The number of nitrogen functional groups attached to an aromatic ring is 1. The fraction of sp³-hybridized carbons (Fsp3) is 0.667. The lowest BCUT2D eigenvalue weighted by Gasteiger charge is -2.38. The Labute approximate surface area is 107 Å². The van der Waals surface area contributed by atoms with E-state index in [4.69, 9.17) is 15.2 Å². The molecule has 1 aromatic heterocycles. The molecular weight excluding hydrogens is 232 g/mol. The molecule has 6 nitrogen and oxygen atoms in total. The van der Waals surface area contributed by atoms with Crippen LogP contribution in [0.25, 0.3) is 0 Å². The van der Waals surface area contributed by atoms with Crippen LogP contribution in [-0.4, -0.2) is 42.4 Å². The van der Waals surface area contributed by atoms with Crippen LogP contribution in [0.15, 0.2) is 6.07 Å². The van der Waals surface area contributed by atoms with E-state index in [0.717, 1.165) is 18.9 Å². The molecule has 0 aromatic carbocycles. The van der Waals surface area contributed by atoms with E-state index >= 15 is 0 Å². The van der Waals surface area contributed by atoms with Crippen molar-refractivity contribution in [3.05, 3.63) is 11.9 Å². The molecule has 0 bridgehead atoms. The molecule has 1 aliphatic rings. The van der Waals surface area contributed by atoms with Crippen LogP contribution in [0.1, 0.15) is 19.7 Å². The molecule has 0 saturated carbocycles. The molecule has 0 atom stereocenters. The molecule has 0 amide bonds. The van der Waals surface area contributed by atoms with E-state index in [9.17, 15) is 0 Å². The summed E-state index contributed by atoms with van der Waals surface area (Å²) in [6.07, 6.45) is 0. The van der Waals surface area contributed by atoms with Gasteiger partial charge < -0.3 is 20.1 Å². The van der Waals surface area contributed by atoms with Crippen molar-refractivity contribution in [2.45, 2.75) is 26.1 Å². The van der Waals surface area contributed by atoms with Gasteiger partial charge in [0.05, 0.1) is 12.2 Å². The van der Waals surface area contributed by atoms with E-state index in [1.165, 1.54) is 0 Å². The first kappa shape index (κ1) is 13.0. The number of nitrogens with zero attached hydrogens (tertiary/aromatic N) is 3. The highest BCUT2D eigenvalue weighted by atomic mass is 16.5. The Morgan fingerprint density at radius 2 is 2.28 bits per heavy atom. The summed E-state index contributed by atoms with van der Waals surface area (Å²) in [4.78, 5) is 10.8. The zero-order valence-corrected chi connectivity index (χ0v) is 11.1. The maximum absolute atomic E-state index is 5.80. The lowest BCUT2D eigenvalue weighted by Crippen LogP contribution is -2.48. The molecule has 2 rings (SSSR count). The number of morpholine rings is 1.